The minimum Gasteiger partial charge on any atom is -0.508 e. The lowest BCUT2D eigenvalue weighted by molar-refractivity contribution is -0.117. The molecule has 0 bridgehead atoms. The molecule has 0 unspecified atom stereocenters. The van der Waals surface area contributed by atoms with E-state index < -0.39 is 5.91 Å². The predicted molar refractivity (Wildman–Crippen MR) is 90.5 cm³/mol. The Morgan fingerprint density at radius 2 is 2.08 bits per heavy atom. The number of rotatable bonds is 6. The smallest absolute Gasteiger partial charge is 0.263 e. The number of nitrogens with one attached hydrogen (secondary N) is 1. The van der Waals surface area contributed by atoms with E-state index in [0.29, 0.717) is 19.8 Å². The van der Waals surface area contributed by atoms with E-state index in [1.54, 1.807) is 36.2 Å². The van der Waals surface area contributed by atoms with Gasteiger partial charge in [0.05, 0.1) is 13.2 Å². The first kappa shape index (κ1) is 17.8. The van der Waals surface area contributed by atoms with Gasteiger partial charge in [0.1, 0.15) is 17.4 Å². The summed E-state index contributed by atoms with van der Waals surface area (Å²) in [6.07, 6.45) is 1.48. The van der Waals surface area contributed by atoms with Gasteiger partial charge in [-0.25, -0.2) is 0 Å². The monoisotopic (exact) mass is 330 g/mol. The van der Waals surface area contributed by atoms with Crippen molar-refractivity contribution in [3.8, 4) is 11.8 Å². The van der Waals surface area contributed by atoms with Crippen LogP contribution in [-0.2, 0) is 9.53 Å². The zero-order chi connectivity index (χ0) is 17.4. The fourth-order valence-electron chi connectivity index (χ4n) is 2.34. The molecule has 2 rings (SSSR count). The summed E-state index contributed by atoms with van der Waals surface area (Å²) >= 11 is 0. The minimum absolute atomic E-state index is 0.0348. The van der Waals surface area contributed by atoms with Crippen LogP contribution in [0, 0.1) is 11.3 Å². The average molecular weight is 330 g/mol. The molecule has 1 aromatic rings. The lowest BCUT2D eigenvalue weighted by Gasteiger charge is -2.26. The van der Waals surface area contributed by atoms with Gasteiger partial charge in [-0.3, -0.25) is 9.69 Å². The number of hydrogen-bond acceptors (Lipinski definition) is 6. The fraction of sp³-hybridized carbons (Fsp3) is 0.412. The standard InChI is InChI=1S/C17H22N4O3/c1-20(15-2-4-16(22)5-3-15)13-14(12-18)17(23)19-6-7-21-8-10-24-11-9-21/h2-5,13,22H,6-11H2,1H3,(H,19,23)/b14-13-. The SMILES string of the molecule is CN(/C=C(/C#N)C(=O)NCCN1CCOCC1)c1ccc(O)cc1. The van der Waals surface area contributed by atoms with Crippen molar-refractivity contribution in [2.75, 3.05) is 51.3 Å². The number of hydrogen-bond donors (Lipinski definition) is 2. The summed E-state index contributed by atoms with van der Waals surface area (Å²) in [6.45, 7) is 4.38. The highest BCUT2D eigenvalue weighted by Gasteiger charge is 2.13. The van der Waals surface area contributed by atoms with Crippen molar-refractivity contribution in [3.05, 3.63) is 36.0 Å². The van der Waals surface area contributed by atoms with E-state index in [1.807, 2.05) is 6.07 Å². The Bertz CT molecular complexity index is 616. The number of morpholine rings is 1. The molecule has 7 nitrogen and oxygen atoms in total. The Morgan fingerprint density at radius 1 is 1.42 bits per heavy atom. The van der Waals surface area contributed by atoms with Gasteiger partial charge in [0, 0.05) is 45.1 Å². The summed E-state index contributed by atoms with van der Waals surface area (Å²) in [5, 5.41) is 21.3. The number of anilines is 1. The maximum Gasteiger partial charge on any atom is 0.263 e. The molecule has 1 heterocycles. The van der Waals surface area contributed by atoms with Crippen molar-refractivity contribution in [3.63, 3.8) is 0 Å². The molecule has 0 aromatic heterocycles. The number of nitrogens with zero attached hydrogens (tertiary/aromatic N) is 3. The van der Waals surface area contributed by atoms with Gasteiger partial charge in [-0.1, -0.05) is 0 Å². The number of nitriles is 1. The number of benzene rings is 1. The summed E-state index contributed by atoms with van der Waals surface area (Å²) in [7, 11) is 1.74. The highest BCUT2D eigenvalue weighted by atomic mass is 16.5. The summed E-state index contributed by atoms with van der Waals surface area (Å²) in [4.78, 5) is 16.0. The Morgan fingerprint density at radius 3 is 2.71 bits per heavy atom. The number of carbonyl (C=O) groups is 1. The summed E-state index contributed by atoms with van der Waals surface area (Å²) < 4.78 is 5.27. The quantitative estimate of drug-likeness (QED) is 0.589. The van der Waals surface area contributed by atoms with Crippen LogP contribution in [0.2, 0.25) is 0 Å². The van der Waals surface area contributed by atoms with E-state index in [1.165, 1.54) is 6.20 Å². The third-order valence-corrected chi connectivity index (χ3v) is 3.76. The lowest BCUT2D eigenvalue weighted by Crippen LogP contribution is -2.41. The molecule has 1 amide bonds. The van der Waals surface area contributed by atoms with Crippen molar-refractivity contribution >= 4 is 11.6 Å². The first-order chi connectivity index (χ1) is 11.6. The molecule has 0 atom stereocenters. The van der Waals surface area contributed by atoms with Gasteiger partial charge in [0.15, 0.2) is 0 Å². The molecule has 1 aromatic carbocycles. The molecule has 128 valence electrons. The van der Waals surface area contributed by atoms with Crippen LogP contribution in [0.1, 0.15) is 0 Å². The number of phenolic OH excluding ortho intramolecular Hbond substituents is 1. The second kappa shape index (κ2) is 8.91. The highest BCUT2D eigenvalue weighted by molar-refractivity contribution is 5.97. The van der Waals surface area contributed by atoms with Gasteiger partial charge in [-0.2, -0.15) is 5.26 Å². The zero-order valence-corrected chi connectivity index (χ0v) is 13.7. The van der Waals surface area contributed by atoms with Crippen LogP contribution in [0.4, 0.5) is 5.69 Å². The Hall–Kier alpha value is -2.56. The molecule has 1 fully saturated rings. The van der Waals surface area contributed by atoms with E-state index >= 15 is 0 Å². The second-order valence-corrected chi connectivity index (χ2v) is 5.49. The van der Waals surface area contributed by atoms with Crippen LogP contribution < -0.4 is 10.2 Å². The van der Waals surface area contributed by atoms with E-state index in [0.717, 1.165) is 25.3 Å². The van der Waals surface area contributed by atoms with Crippen LogP contribution in [0.25, 0.3) is 0 Å². The molecular weight excluding hydrogens is 308 g/mol. The Kier molecular flexibility index (Phi) is 6.61. The molecule has 7 heteroatoms. The van der Waals surface area contributed by atoms with Crippen molar-refractivity contribution in [2.45, 2.75) is 0 Å². The van der Waals surface area contributed by atoms with Crippen LogP contribution in [0.5, 0.6) is 5.75 Å². The van der Waals surface area contributed by atoms with Crippen LogP contribution in [-0.4, -0.2) is 62.4 Å². The molecule has 1 saturated heterocycles. The number of aromatic hydroxyl groups is 1. The van der Waals surface area contributed by atoms with Gasteiger partial charge in [-0.15, -0.1) is 0 Å². The lowest BCUT2D eigenvalue weighted by atomic mass is 10.2. The first-order valence-corrected chi connectivity index (χ1v) is 7.82. The molecule has 0 saturated carbocycles. The van der Waals surface area contributed by atoms with E-state index in [2.05, 4.69) is 10.2 Å². The Labute approximate surface area is 141 Å². The second-order valence-electron chi connectivity index (χ2n) is 5.49. The van der Waals surface area contributed by atoms with Gasteiger partial charge in [0.25, 0.3) is 5.91 Å². The predicted octanol–water partition coefficient (Wildman–Crippen LogP) is 0.684. The van der Waals surface area contributed by atoms with Crippen molar-refractivity contribution in [2.24, 2.45) is 0 Å². The third kappa shape index (κ3) is 5.26. The largest absolute Gasteiger partial charge is 0.508 e. The molecule has 0 aliphatic carbocycles. The van der Waals surface area contributed by atoms with Crippen LogP contribution in [0.3, 0.4) is 0 Å². The summed E-state index contributed by atoms with van der Waals surface area (Å²) in [5.74, 6) is -0.228. The maximum atomic E-state index is 12.1. The molecule has 2 N–H and O–H groups in total. The average Bonchev–Trinajstić information content (AvgIpc) is 2.60. The molecule has 24 heavy (non-hydrogen) atoms. The van der Waals surface area contributed by atoms with Crippen molar-refractivity contribution < 1.29 is 14.6 Å². The third-order valence-electron chi connectivity index (χ3n) is 3.76. The summed E-state index contributed by atoms with van der Waals surface area (Å²) in [5.41, 5.74) is 0.800. The maximum absolute atomic E-state index is 12.1. The van der Waals surface area contributed by atoms with Gasteiger partial charge in [-0.05, 0) is 24.3 Å². The number of amides is 1. The topological polar surface area (TPSA) is 88.8 Å². The van der Waals surface area contributed by atoms with E-state index in [-0.39, 0.29) is 11.3 Å². The van der Waals surface area contributed by atoms with E-state index in [4.69, 9.17) is 4.74 Å². The Balaban J connectivity index is 1.87. The molecular formula is C17H22N4O3. The highest BCUT2D eigenvalue weighted by Crippen LogP contribution is 2.17. The van der Waals surface area contributed by atoms with E-state index in [9.17, 15) is 15.2 Å². The number of phenols is 1. The minimum atomic E-state index is -0.392. The molecule has 0 radical (unpaired) electrons. The van der Waals surface area contributed by atoms with Crippen LogP contribution in [0.15, 0.2) is 36.0 Å². The first-order valence-electron chi connectivity index (χ1n) is 7.82. The van der Waals surface area contributed by atoms with Gasteiger partial charge < -0.3 is 20.1 Å². The van der Waals surface area contributed by atoms with Gasteiger partial charge in [0.2, 0.25) is 0 Å². The fourth-order valence-corrected chi connectivity index (χ4v) is 2.34. The van der Waals surface area contributed by atoms with Gasteiger partial charge >= 0.3 is 0 Å². The normalized spacial score (nSPS) is 15.6. The molecule has 0 spiro atoms. The van der Waals surface area contributed by atoms with Crippen molar-refractivity contribution in [1.29, 1.82) is 5.26 Å². The van der Waals surface area contributed by atoms with Crippen molar-refractivity contribution in [1.82, 2.24) is 10.2 Å². The summed E-state index contributed by atoms with van der Waals surface area (Å²) in [6, 6.07) is 8.44. The zero-order valence-electron chi connectivity index (χ0n) is 13.7. The number of carbonyl (C=O) groups excluding carboxylic acids is 1. The molecule has 1 aliphatic heterocycles. The number of ether oxygens (including phenoxy) is 1. The molecule has 1 aliphatic rings. The van der Waals surface area contributed by atoms with Crippen LogP contribution >= 0.6 is 0 Å².